The molecule has 0 radical (unpaired) electrons. The molecule has 0 bridgehead atoms. The lowest BCUT2D eigenvalue weighted by molar-refractivity contribution is -0.692. The number of hydrogen-bond donors (Lipinski definition) is 2. The van der Waals surface area contributed by atoms with Crippen molar-refractivity contribution >= 4 is 11.6 Å². The lowest BCUT2D eigenvalue weighted by Crippen LogP contribution is -2.88. The summed E-state index contributed by atoms with van der Waals surface area (Å²) in [5, 5.41) is 5.12. The van der Waals surface area contributed by atoms with Gasteiger partial charge >= 0.3 is 0 Å². The summed E-state index contributed by atoms with van der Waals surface area (Å²) in [6.45, 7) is 8.88. The first kappa shape index (κ1) is 17.2. The van der Waals surface area contributed by atoms with Crippen LogP contribution in [0.3, 0.4) is 0 Å². The summed E-state index contributed by atoms with van der Waals surface area (Å²) >= 11 is 0. The number of hydrogen-bond acceptors (Lipinski definition) is 1. The number of anilines is 1. The molecule has 0 saturated heterocycles. The molecule has 1 atom stereocenters. The van der Waals surface area contributed by atoms with E-state index < -0.39 is 0 Å². The van der Waals surface area contributed by atoms with Gasteiger partial charge < -0.3 is 10.6 Å². The number of amides is 1. The maximum Gasteiger partial charge on any atom is 0.279 e. The maximum absolute atomic E-state index is 12.3. The van der Waals surface area contributed by atoms with Crippen LogP contribution >= 0.6 is 0 Å². The van der Waals surface area contributed by atoms with Crippen LogP contribution in [0, 0.1) is 19.8 Å². The number of nitrogens with one attached hydrogen (secondary N) is 1. The summed E-state index contributed by atoms with van der Waals surface area (Å²) in [5.74, 6) is 0.503. The Morgan fingerprint density at radius 3 is 2.22 bits per heavy atom. The van der Waals surface area contributed by atoms with Gasteiger partial charge in [0, 0.05) is 17.2 Å². The van der Waals surface area contributed by atoms with E-state index in [4.69, 9.17) is 0 Å². The van der Waals surface area contributed by atoms with E-state index >= 15 is 0 Å². The number of nitrogens with two attached hydrogens (primary N) is 1. The van der Waals surface area contributed by atoms with E-state index in [0.29, 0.717) is 18.5 Å². The van der Waals surface area contributed by atoms with Gasteiger partial charge in [-0.3, -0.25) is 4.79 Å². The van der Waals surface area contributed by atoms with Gasteiger partial charge in [-0.2, -0.15) is 0 Å². The highest BCUT2D eigenvalue weighted by Gasteiger charge is 2.20. The summed E-state index contributed by atoms with van der Waals surface area (Å²) in [4.78, 5) is 12.3. The predicted molar refractivity (Wildman–Crippen MR) is 95.4 cm³/mol. The first-order valence-electron chi connectivity index (χ1n) is 8.22. The summed E-state index contributed by atoms with van der Waals surface area (Å²) in [7, 11) is 0. The van der Waals surface area contributed by atoms with Crippen molar-refractivity contribution < 1.29 is 10.1 Å². The monoisotopic (exact) mass is 311 g/mol. The second kappa shape index (κ2) is 7.93. The third-order valence-electron chi connectivity index (χ3n) is 3.97. The summed E-state index contributed by atoms with van der Waals surface area (Å²) in [6.07, 6.45) is 0. The molecular weight excluding hydrogens is 284 g/mol. The molecule has 0 spiro atoms. The average Bonchev–Trinajstić information content (AvgIpc) is 2.47. The molecule has 0 fully saturated rings. The lowest BCUT2D eigenvalue weighted by atomic mass is 9.96. The van der Waals surface area contributed by atoms with Crippen molar-refractivity contribution in [3.8, 4) is 0 Å². The van der Waals surface area contributed by atoms with Crippen molar-refractivity contribution in [2.45, 2.75) is 33.7 Å². The fourth-order valence-corrected chi connectivity index (χ4v) is 2.96. The molecule has 3 N–H and O–H groups in total. The van der Waals surface area contributed by atoms with Gasteiger partial charge in [0.2, 0.25) is 0 Å². The molecule has 2 aromatic carbocycles. The van der Waals surface area contributed by atoms with Gasteiger partial charge in [0.25, 0.3) is 5.91 Å². The van der Waals surface area contributed by atoms with Gasteiger partial charge in [0.1, 0.15) is 6.04 Å². The molecule has 0 heterocycles. The first-order valence-corrected chi connectivity index (χ1v) is 8.22. The Bertz CT molecular complexity index is 630. The molecule has 0 unspecified atom stereocenters. The van der Waals surface area contributed by atoms with Crippen LogP contribution in [-0.4, -0.2) is 12.5 Å². The highest BCUT2D eigenvalue weighted by atomic mass is 16.1. The number of carbonyl (C=O) groups is 1. The average molecular weight is 311 g/mol. The Labute approximate surface area is 139 Å². The molecule has 0 aliphatic carbocycles. The Balaban J connectivity index is 1.96. The SMILES string of the molecule is Cc1cc(C)cc(NC(=O)C[NH2+][C@@H](c2ccccc2)C(C)C)c1. The van der Waals surface area contributed by atoms with Crippen molar-refractivity contribution in [1.29, 1.82) is 0 Å². The minimum Gasteiger partial charge on any atom is -0.332 e. The molecule has 1 amide bonds. The van der Waals surface area contributed by atoms with Gasteiger partial charge in [-0.05, 0) is 37.1 Å². The van der Waals surface area contributed by atoms with Crippen LogP contribution in [-0.2, 0) is 4.79 Å². The standard InChI is InChI=1S/C20H26N2O/c1-14(2)20(17-8-6-5-7-9-17)21-13-19(23)22-18-11-15(3)10-16(4)12-18/h5-12,14,20-21H,13H2,1-4H3,(H,22,23)/p+1/t20-/m1/s1. The van der Waals surface area contributed by atoms with Gasteiger partial charge in [0.05, 0.1) is 0 Å². The van der Waals surface area contributed by atoms with Crippen LogP contribution < -0.4 is 10.6 Å². The zero-order valence-electron chi connectivity index (χ0n) is 14.5. The number of rotatable bonds is 6. The van der Waals surface area contributed by atoms with Crippen LogP contribution in [0.15, 0.2) is 48.5 Å². The van der Waals surface area contributed by atoms with Crippen LogP contribution in [0.1, 0.15) is 36.6 Å². The molecule has 23 heavy (non-hydrogen) atoms. The summed E-state index contributed by atoms with van der Waals surface area (Å²) < 4.78 is 0. The highest BCUT2D eigenvalue weighted by molar-refractivity contribution is 5.91. The smallest absolute Gasteiger partial charge is 0.279 e. The molecule has 2 aromatic rings. The zero-order chi connectivity index (χ0) is 16.8. The van der Waals surface area contributed by atoms with E-state index in [-0.39, 0.29) is 5.91 Å². The third kappa shape index (κ3) is 5.22. The van der Waals surface area contributed by atoms with Crippen molar-refractivity contribution in [1.82, 2.24) is 0 Å². The van der Waals surface area contributed by atoms with Crippen molar-refractivity contribution in [2.75, 3.05) is 11.9 Å². The van der Waals surface area contributed by atoms with Crippen LogP contribution in [0.4, 0.5) is 5.69 Å². The highest BCUT2D eigenvalue weighted by Crippen LogP contribution is 2.17. The van der Waals surface area contributed by atoms with Crippen molar-refractivity contribution in [2.24, 2.45) is 5.92 Å². The van der Waals surface area contributed by atoms with Crippen LogP contribution in [0.25, 0.3) is 0 Å². The minimum absolute atomic E-state index is 0.0385. The van der Waals surface area contributed by atoms with Gasteiger partial charge in [0.15, 0.2) is 6.54 Å². The molecule has 3 nitrogen and oxygen atoms in total. The van der Waals surface area contributed by atoms with Crippen molar-refractivity contribution in [3.05, 3.63) is 65.2 Å². The third-order valence-corrected chi connectivity index (χ3v) is 3.97. The predicted octanol–water partition coefficient (Wildman–Crippen LogP) is 3.20. The number of aryl methyl sites for hydroxylation is 2. The van der Waals surface area contributed by atoms with E-state index in [0.717, 1.165) is 16.8 Å². The topological polar surface area (TPSA) is 45.7 Å². The fourth-order valence-electron chi connectivity index (χ4n) is 2.96. The molecule has 122 valence electrons. The summed E-state index contributed by atoms with van der Waals surface area (Å²) in [6, 6.07) is 16.8. The number of benzene rings is 2. The van der Waals surface area contributed by atoms with Gasteiger partial charge in [-0.15, -0.1) is 0 Å². The molecule has 3 heteroatoms. The second-order valence-corrected chi connectivity index (χ2v) is 6.54. The Morgan fingerprint density at radius 2 is 1.65 bits per heavy atom. The number of quaternary nitrogens is 1. The first-order chi connectivity index (χ1) is 11.0. The Morgan fingerprint density at radius 1 is 1.04 bits per heavy atom. The minimum atomic E-state index is 0.0385. The molecular formula is C20H27N2O+. The molecule has 0 aromatic heterocycles. The fraction of sp³-hybridized carbons (Fsp3) is 0.350. The largest absolute Gasteiger partial charge is 0.332 e. The van der Waals surface area contributed by atoms with E-state index in [9.17, 15) is 4.79 Å². The normalized spacial score (nSPS) is 12.2. The van der Waals surface area contributed by atoms with E-state index in [1.54, 1.807) is 0 Å². The molecule has 0 aliphatic heterocycles. The maximum atomic E-state index is 12.3. The Hall–Kier alpha value is -2.13. The quantitative estimate of drug-likeness (QED) is 0.845. The lowest BCUT2D eigenvalue weighted by Gasteiger charge is -2.19. The molecule has 0 saturated carbocycles. The van der Waals surface area contributed by atoms with Gasteiger partial charge in [-0.25, -0.2) is 0 Å². The van der Waals surface area contributed by atoms with Gasteiger partial charge in [-0.1, -0.05) is 50.2 Å². The van der Waals surface area contributed by atoms with E-state index in [1.165, 1.54) is 5.56 Å². The second-order valence-electron chi connectivity index (χ2n) is 6.54. The Kier molecular flexibility index (Phi) is 5.94. The van der Waals surface area contributed by atoms with Crippen LogP contribution in [0.5, 0.6) is 0 Å². The molecule has 2 rings (SSSR count). The van der Waals surface area contributed by atoms with Crippen LogP contribution in [0.2, 0.25) is 0 Å². The summed E-state index contributed by atoms with van der Waals surface area (Å²) in [5.41, 5.74) is 4.46. The van der Waals surface area contributed by atoms with E-state index in [2.05, 4.69) is 42.7 Å². The molecule has 0 aliphatic rings. The number of carbonyl (C=O) groups excluding carboxylic acids is 1. The zero-order valence-corrected chi connectivity index (χ0v) is 14.5. The van der Waals surface area contributed by atoms with Crippen molar-refractivity contribution in [3.63, 3.8) is 0 Å². The van der Waals surface area contributed by atoms with E-state index in [1.807, 2.05) is 44.2 Å².